The molecule has 2 heteroatoms. The normalized spacial score (nSPS) is 13.5. The molecule has 0 aliphatic carbocycles. The van der Waals surface area contributed by atoms with Gasteiger partial charge in [-0.1, -0.05) is 33.6 Å². The van der Waals surface area contributed by atoms with Crippen molar-refractivity contribution in [3.63, 3.8) is 0 Å². The number of rotatable bonds is 9. The number of aliphatic hydroxyl groups excluding tert-OH is 1. The van der Waals surface area contributed by atoms with Crippen LogP contribution in [0.2, 0.25) is 0 Å². The van der Waals surface area contributed by atoms with Gasteiger partial charge in [-0.3, -0.25) is 0 Å². The third kappa shape index (κ3) is 6.39. The van der Waals surface area contributed by atoms with Gasteiger partial charge in [0.1, 0.15) is 0 Å². The molecule has 0 rings (SSSR count). The predicted octanol–water partition coefficient (Wildman–Crippen LogP) is 2.52. The second-order valence-electron chi connectivity index (χ2n) is 3.98. The van der Waals surface area contributed by atoms with Crippen LogP contribution in [0.5, 0.6) is 0 Å². The summed E-state index contributed by atoms with van der Waals surface area (Å²) in [5.74, 6) is 0.534. The summed E-state index contributed by atoms with van der Waals surface area (Å²) >= 11 is 0. The van der Waals surface area contributed by atoms with E-state index in [0.717, 1.165) is 19.5 Å². The summed E-state index contributed by atoms with van der Waals surface area (Å²) < 4.78 is 0. The number of hydrogen-bond acceptors (Lipinski definition) is 2. The highest BCUT2D eigenvalue weighted by molar-refractivity contribution is 4.58. The Morgan fingerprint density at radius 1 is 1.07 bits per heavy atom. The van der Waals surface area contributed by atoms with Crippen molar-refractivity contribution < 1.29 is 5.11 Å². The average Bonchev–Trinajstić information content (AvgIpc) is 2.24. The summed E-state index contributed by atoms with van der Waals surface area (Å²) in [7, 11) is 0. The summed E-state index contributed by atoms with van der Waals surface area (Å²) in [6, 6.07) is 0. The van der Waals surface area contributed by atoms with E-state index in [0.29, 0.717) is 12.5 Å². The fourth-order valence-corrected chi connectivity index (χ4v) is 1.73. The third-order valence-electron chi connectivity index (χ3n) is 3.07. The van der Waals surface area contributed by atoms with E-state index >= 15 is 0 Å². The Bertz CT molecular complexity index is 94.9. The van der Waals surface area contributed by atoms with E-state index in [9.17, 15) is 0 Å². The summed E-state index contributed by atoms with van der Waals surface area (Å²) in [6.07, 6.45) is 4.84. The number of hydrogen-bond donors (Lipinski definition) is 1. The molecule has 0 bridgehead atoms. The molecule has 0 aliphatic rings. The standard InChI is InChI=1S/C12H27NO/c1-4-12(11-14)9-7-8-10-13(5-2)6-3/h12,14H,4-11H2,1-3H3. The van der Waals surface area contributed by atoms with E-state index < -0.39 is 0 Å². The minimum atomic E-state index is 0.363. The molecule has 0 aliphatic heterocycles. The molecule has 0 saturated carbocycles. The van der Waals surface area contributed by atoms with Crippen LogP contribution in [-0.4, -0.2) is 36.2 Å². The Balaban J connectivity index is 3.35. The quantitative estimate of drug-likeness (QED) is 0.579. The van der Waals surface area contributed by atoms with Crippen LogP contribution >= 0.6 is 0 Å². The van der Waals surface area contributed by atoms with E-state index in [1.807, 2.05) is 0 Å². The van der Waals surface area contributed by atoms with Gasteiger partial charge < -0.3 is 10.0 Å². The van der Waals surface area contributed by atoms with Crippen LogP contribution in [-0.2, 0) is 0 Å². The predicted molar refractivity (Wildman–Crippen MR) is 62.5 cm³/mol. The first-order valence-electron chi connectivity index (χ1n) is 6.11. The minimum absolute atomic E-state index is 0.363. The van der Waals surface area contributed by atoms with E-state index in [2.05, 4.69) is 25.7 Å². The maximum Gasteiger partial charge on any atom is 0.0459 e. The first-order chi connectivity index (χ1) is 6.78. The molecule has 0 aromatic rings. The summed E-state index contributed by atoms with van der Waals surface area (Å²) in [6.45, 7) is 10.5. The molecule has 1 atom stereocenters. The molecular weight excluding hydrogens is 174 g/mol. The molecular formula is C12H27NO. The van der Waals surface area contributed by atoms with Gasteiger partial charge in [-0.05, 0) is 38.4 Å². The van der Waals surface area contributed by atoms with Crippen molar-refractivity contribution in [1.82, 2.24) is 4.90 Å². The molecule has 1 N–H and O–H groups in total. The molecule has 14 heavy (non-hydrogen) atoms. The van der Waals surface area contributed by atoms with Crippen molar-refractivity contribution in [2.75, 3.05) is 26.2 Å². The Labute approximate surface area is 89.3 Å². The zero-order valence-corrected chi connectivity index (χ0v) is 10.1. The second-order valence-corrected chi connectivity index (χ2v) is 3.98. The summed E-state index contributed by atoms with van der Waals surface area (Å²) in [5.41, 5.74) is 0. The highest BCUT2D eigenvalue weighted by Crippen LogP contribution is 2.11. The average molecular weight is 201 g/mol. The maximum atomic E-state index is 9.02. The smallest absolute Gasteiger partial charge is 0.0459 e. The van der Waals surface area contributed by atoms with Crippen LogP contribution in [0.4, 0.5) is 0 Å². The summed E-state index contributed by atoms with van der Waals surface area (Å²) in [4.78, 5) is 2.46. The Hall–Kier alpha value is -0.0800. The molecule has 0 saturated heterocycles. The van der Waals surface area contributed by atoms with Crippen LogP contribution in [0.3, 0.4) is 0 Å². The van der Waals surface area contributed by atoms with E-state index in [1.165, 1.54) is 25.8 Å². The lowest BCUT2D eigenvalue weighted by molar-refractivity contribution is 0.208. The highest BCUT2D eigenvalue weighted by atomic mass is 16.3. The molecule has 0 aromatic carbocycles. The van der Waals surface area contributed by atoms with E-state index in [4.69, 9.17) is 5.11 Å². The number of nitrogens with zero attached hydrogens (tertiary/aromatic N) is 1. The molecule has 0 spiro atoms. The topological polar surface area (TPSA) is 23.5 Å². The van der Waals surface area contributed by atoms with Gasteiger partial charge >= 0.3 is 0 Å². The van der Waals surface area contributed by atoms with Crippen molar-refractivity contribution in [3.8, 4) is 0 Å². The molecule has 0 aromatic heterocycles. The van der Waals surface area contributed by atoms with Crippen molar-refractivity contribution in [2.24, 2.45) is 5.92 Å². The van der Waals surface area contributed by atoms with Crippen LogP contribution in [0.15, 0.2) is 0 Å². The van der Waals surface area contributed by atoms with E-state index in [1.54, 1.807) is 0 Å². The first-order valence-corrected chi connectivity index (χ1v) is 6.11. The fraction of sp³-hybridized carbons (Fsp3) is 1.00. The van der Waals surface area contributed by atoms with Gasteiger partial charge in [0, 0.05) is 6.61 Å². The molecule has 0 radical (unpaired) electrons. The van der Waals surface area contributed by atoms with E-state index in [-0.39, 0.29) is 0 Å². The number of aliphatic hydroxyl groups is 1. The highest BCUT2D eigenvalue weighted by Gasteiger charge is 2.04. The lowest BCUT2D eigenvalue weighted by Gasteiger charge is -2.18. The van der Waals surface area contributed by atoms with Gasteiger partial charge in [0.2, 0.25) is 0 Å². The van der Waals surface area contributed by atoms with Gasteiger partial charge in [0.15, 0.2) is 0 Å². The van der Waals surface area contributed by atoms with Crippen LogP contribution in [0, 0.1) is 5.92 Å². The zero-order valence-electron chi connectivity index (χ0n) is 10.1. The molecule has 0 amide bonds. The Kier molecular flexibility index (Phi) is 9.42. The molecule has 2 nitrogen and oxygen atoms in total. The van der Waals surface area contributed by atoms with Crippen molar-refractivity contribution in [2.45, 2.75) is 46.5 Å². The molecule has 1 unspecified atom stereocenters. The monoisotopic (exact) mass is 201 g/mol. The SMILES string of the molecule is CCC(CO)CCCCN(CC)CC. The molecule has 0 heterocycles. The fourth-order valence-electron chi connectivity index (χ4n) is 1.73. The van der Waals surface area contributed by atoms with Gasteiger partial charge in [0.05, 0.1) is 0 Å². The third-order valence-corrected chi connectivity index (χ3v) is 3.07. The van der Waals surface area contributed by atoms with Crippen LogP contribution in [0.1, 0.15) is 46.5 Å². The minimum Gasteiger partial charge on any atom is -0.396 e. The van der Waals surface area contributed by atoms with Gasteiger partial charge in [-0.25, -0.2) is 0 Å². The van der Waals surface area contributed by atoms with Crippen LogP contribution < -0.4 is 0 Å². The first kappa shape index (κ1) is 13.9. The largest absolute Gasteiger partial charge is 0.396 e. The Morgan fingerprint density at radius 2 is 1.71 bits per heavy atom. The second kappa shape index (κ2) is 9.47. The van der Waals surface area contributed by atoms with Crippen molar-refractivity contribution >= 4 is 0 Å². The van der Waals surface area contributed by atoms with Gasteiger partial charge in [-0.2, -0.15) is 0 Å². The van der Waals surface area contributed by atoms with Crippen LogP contribution in [0.25, 0.3) is 0 Å². The van der Waals surface area contributed by atoms with Crippen molar-refractivity contribution in [3.05, 3.63) is 0 Å². The maximum absolute atomic E-state index is 9.02. The van der Waals surface area contributed by atoms with Gasteiger partial charge in [0.25, 0.3) is 0 Å². The molecule has 86 valence electrons. The lowest BCUT2D eigenvalue weighted by Crippen LogP contribution is -2.24. The Morgan fingerprint density at radius 3 is 2.14 bits per heavy atom. The van der Waals surface area contributed by atoms with Crippen molar-refractivity contribution in [1.29, 1.82) is 0 Å². The van der Waals surface area contributed by atoms with Gasteiger partial charge in [-0.15, -0.1) is 0 Å². The number of unbranched alkanes of at least 4 members (excludes halogenated alkanes) is 1. The zero-order chi connectivity index (χ0) is 10.8. The molecule has 0 fully saturated rings. The lowest BCUT2D eigenvalue weighted by atomic mass is 10.0. The summed E-state index contributed by atoms with van der Waals surface area (Å²) in [5, 5.41) is 9.02.